The number of nitrogens with one attached hydrogen (secondary N) is 1. The molecule has 3 rings (SSSR count). The van der Waals surface area contributed by atoms with Crippen LogP contribution in [0.25, 0.3) is 0 Å². The summed E-state index contributed by atoms with van der Waals surface area (Å²) in [6.07, 6.45) is 1.93. The van der Waals surface area contributed by atoms with Gasteiger partial charge < -0.3 is 15.1 Å². The van der Waals surface area contributed by atoms with E-state index in [1.165, 1.54) is 11.3 Å². The van der Waals surface area contributed by atoms with Crippen LogP contribution in [0.15, 0.2) is 18.3 Å². The van der Waals surface area contributed by atoms with E-state index in [2.05, 4.69) is 58.2 Å². The number of pyridine rings is 1. The van der Waals surface area contributed by atoms with Crippen LogP contribution in [-0.2, 0) is 13.6 Å². The van der Waals surface area contributed by atoms with Gasteiger partial charge in [-0.15, -0.1) is 0 Å². The summed E-state index contributed by atoms with van der Waals surface area (Å²) in [5.41, 5.74) is 4.60. The minimum atomic E-state index is 0.779. The van der Waals surface area contributed by atoms with Crippen LogP contribution in [0, 0.1) is 13.8 Å². The Morgan fingerprint density at radius 1 is 1.09 bits per heavy atom. The van der Waals surface area contributed by atoms with Gasteiger partial charge in [0.15, 0.2) is 0 Å². The highest BCUT2D eigenvalue weighted by Crippen LogP contribution is 2.18. The largest absolute Gasteiger partial charge is 0.380 e. The lowest BCUT2D eigenvalue weighted by atomic mass is 10.2. The van der Waals surface area contributed by atoms with Crippen molar-refractivity contribution in [2.75, 3.05) is 43.4 Å². The highest BCUT2D eigenvalue weighted by molar-refractivity contribution is 5.49. The molecule has 0 radical (unpaired) electrons. The molecular weight excluding hydrogens is 288 g/mol. The van der Waals surface area contributed by atoms with Crippen molar-refractivity contribution in [3.05, 3.63) is 35.3 Å². The van der Waals surface area contributed by atoms with Crippen LogP contribution in [0.5, 0.6) is 0 Å². The number of aromatic nitrogens is 3. The fraction of sp³-hybridized carbons (Fsp3) is 0.529. The molecule has 1 aliphatic rings. The summed E-state index contributed by atoms with van der Waals surface area (Å²) in [6.45, 7) is 9.22. The van der Waals surface area contributed by atoms with Gasteiger partial charge in [-0.25, -0.2) is 4.98 Å². The zero-order valence-electron chi connectivity index (χ0n) is 14.5. The van der Waals surface area contributed by atoms with E-state index in [4.69, 9.17) is 0 Å². The maximum absolute atomic E-state index is 4.61. The van der Waals surface area contributed by atoms with Crippen molar-refractivity contribution >= 4 is 11.5 Å². The lowest BCUT2D eigenvalue weighted by Crippen LogP contribution is -2.44. The molecule has 1 N–H and O–H groups in total. The fourth-order valence-electron chi connectivity index (χ4n) is 2.98. The molecule has 0 unspecified atom stereocenters. The van der Waals surface area contributed by atoms with E-state index in [9.17, 15) is 0 Å². The Morgan fingerprint density at radius 2 is 1.83 bits per heavy atom. The summed E-state index contributed by atoms with van der Waals surface area (Å²) < 4.78 is 1.93. The van der Waals surface area contributed by atoms with Crippen molar-refractivity contribution in [2.45, 2.75) is 20.4 Å². The predicted molar refractivity (Wildman–Crippen MR) is 94.0 cm³/mol. The molecule has 1 fully saturated rings. The summed E-state index contributed by atoms with van der Waals surface area (Å²) >= 11 is 0. The molecule has 6 nitrogen and oxygen atoms in total. The molecule has 0 aliphatic carbocycles. The standard InChI is InChI=1S/C17H26N6/c1-13-16(14(2)22(4)20-13)12-18-15-5-6-17(19-11-15)23-9-7-21(3)8-10-23/h5-6,11,18H,7-10,12H2,1-4H3. The van der Waals surface area contributed by atoms with Crippen molar-refractivity contribution in [1.82, 2.24) is 19.7 Å². The molecule has 2 aromatic heterocycles. The number of anilines is 2. The van der Waals surface area contributed by atoms with E-state index < -0.39 is 0 Å². The summed E-state index contributed by atoms with van der Waals surface area (Å²) in [5, 5.41) is 7.91. The molecule has 6 heteroatoms. The van der Waals surface area contributed by atoms with Gasteiger partial charge in [-0.3, -0.25) is 4.68 Å². The average molecular weight is 314 g/mol. The van der Waals surface area contributed by atoms with Gasteiger partial charge in [0.05, 0.1) is 17.6 Å². The van der Waals surface area contributed by atoms with Gasteiger partial charge in [-0.05, 0) is 33.0 Å². The van der Waals surface area contributed by atoms with Crippen LogP contribution >= 0.6 is 0 Å². The zero-order valence-corrected chi connectivity index (χ0v) is 14.5. The molecule has 0 atom stereocenters. The number of hydrogen-bond acceptors (Lipinski definition) is 5. The summed E-state index contributed by atoms with van der Waals surface area (Å²) in [7, 11) is 4.15. The minimum absolute atomic E-state index is 0.779. The van der Waals surface area contributed by atoms with Crippen LogP contribution in [-0.4, -0.2) is 52.9 Å². The Hall–Kier alpha value is -2.08. The quantitative estimate of drug-likeness (QED) is 0.932. The second kappa shape index (κ2) is 6.58. The third-order valence-electron chi connectivity index (χ3n) is 4.70. The smallest absolute Gasteiger partial charge is 0.128 e. The normalized spacial score (nSPS) is 15.9. The first-order chi connectivity index (χ1) is 11.0. The van der Waals surface area contributed by atoms with Gasteiger partial charge in [0, 0.05) is 51.0 Å². The summed E-state index contributed by atoms with van der Waals surface area (Å²) in [4.78, 5) is 9.31. The van der Waals surface area contributed by atoms with E-state index >= 15 is 0 Å². The lowest BCUT2D eigenvalue weighted by molar-refractivity contribution is 0.312. The van der Waals surface area contributed by atoms with Crippen LogP contribution in [0.3, 0.4) is 0 Å². The molecule has 3 heterocycles. The molecule has 2 aromatic rings. The number of rotatable bonds is 4. The van der Waals surface area contributed by atoms with Gasteiger partial charge in [0.1, 0.15) is 5.82 Å². The first kappa shape index (κ1) is 15.8. The summed E-state index contributed by atoms with van der Waals surface area (Å²) in [5.74, 6) is 1.07. The fourth-order valence-corrected chi connectivity index (χ4v) is 2.98. The van der Waals surface area contributed by atoms with E-state index in [0.29, 0.717) is 0 Å². The number of nitrogens with zero attached hydrogens (tertiary/aromatic N) is 5. The van der Waals surface area contributed by atoms with E-state index in [-0.39, 0.29) is 0 Å². The highest BCUT2D eigenvalue weighted by atomic mass is 15.3. The third-order valence-corrected chi connectivity index (χ3v) is 4.70. The van der Waals surface area contributed by atoms with Crippen molar-refractivity contribution in [3.8, 4) is 0 Å². The first-order valence-corrected chi connectivity index (χ1v) is 8.17. The molecule has 23 heavy (non-hydrogen) atoms. The molecule has 0 amide bonds. The molecular formula is C17H26N6. The lowest BCUT2D eigenvalue weighted by Gasteiger charge is -2.33. The van der Waals surface area contributed by atoms with Crippen LogP contribution < -0.4 is 10.2 Å². The second-order valence-corrected chi connectivity index (χ2v) is 6.32. The van der Waals surface area contributed by atoms with Crippen molar-refractivity contribution in [1.29, 1.82) is 0 Å². The van der Waals surface area contributed by atoms with Crippen LogP contribution in [0.1, 0.15) is 17.0 Å². The predicted octanol–water partition coefficient (Wildman–Crippen LogP) is 1.80. The monoisotopic (exact) mass is 314 g/mol. The van der Waals surface area contributed by atoms with Gasteiger partial charge in [0.2, 0.25) is 0 Å². The maximum Gasteiger partial charge on any atom is 0.128 e. The Balaban J connectivity index is 1.61. The average Bonchev–Trinajstić information content (AvgIpc) is 2.79. The third kappa shape index (κ3) is 3.47. The van der Waals surface area contributed by atoms with Gasteiger partial charge >= 0.3 is 0 Å². The number of piperazine rings is 1. The van der Waals surface area contributed by atoms with Gasteiger partial charge in [0.25, 0.3) is 0 Å². The highest BCUT2D eigenvalue weighted by Gasteiger charge is 2.15. The Morgan fingerprint density at radius 3 is 2.39 bits per heavy atom. The van der Waals surface area contributed by atoms with Crippen molar-refractivity contribution in [2.24, 2.45) is 7.05 Å². The molecule has 0 spiro atoms. The molecule has 124 valence electrons. The zero-order chi connectivity index (χ0) is 16.4. The van der Waals surface area contributed by atoms with E-state index in [1.54, 1.807) is 0 Å². The van der Waals surface area contributed by atoms with Crippen molar-refractivity contribution in [3.63, 3.8) is 0 Å². The first-order valence-electron chi connectivity index (χ1n) is 8.17. The molecule has 0 aromatic carbocycles. The molecule has 1 saturated heterocycles. The minimum Gasteiger partial charge on any atom is -0.380 e. The second-order valence-electron chi connectivity index (χ2n) is 6.32. The van der Waals surface area contributed by atoms with Crippen LogP contribution in [0.2, 0.25) is 0 Å². The number of likely N-dealkylation sites (N-methyl/N-ethyl adjacent to an activating group) is 1. The topological polar surface area (TPSA) is 49.2 Å². The maximum atomic E-state index is 4.61. The Kier molecular flexibility index (Phi) is 4.52. The SMILES string of the molecule is Cc1nn(C)c(C)c1CNc1ccc(N2CCN(C)CC2)nc1. The number of hydrogen-bond donors (Lipinski definition) is 1. The molecule has 0 bridgehead atoms. The van der Waals surface area contributed by atoms with E-state index in [1.807, 2.05) is 17.9 Å². The van der Waals surface area contributed by atoms with E-state index in [0.717, 1.165) is 49.9 Å². The molecule has 1 aliphatic heterocycles. The molecule has 0 saturated carbocycles. The van der Waals surface area contributed by atoms with Gasteiger partial charge in [-0.2, -0.15) is 5.10 Å². The van der Waals surface area contributed by atoms with Crippen LogP contribution in [0.4, 0.5) is 11.5 Å². The van der Waals surface area contributed by atoms with Gasteiger partial charge in [-0.1, -0.05) is 0 Å². The van der Waals surface area contributed by atoms with Crippen molar-refractivity contribution < 1.29 is 0 Å². The number of aryl methyl sites for hydroxylation is 2. The Labute approximate surface area is 138 Å². The summed E-state index contributed by atoms with van der Waals surface area (Å²) in [6, 6.07) is 4.22. The Bertz CT molecular complexity index is 652.